The Morgan fingerprint density at radius 2 is 2.06 bits per heavy atom. The highest BCUT2D eigenvalue weighted by Crippen LogP contribution is 2.35. The first-order valence-electron chi connectivity index (χ1n) is 11.1. The lowest BCUT2D eigenvalue weighted by Crippen LogP contribution is -2.52. The van der Waals surface area contributed by atoms with Crippen molar-refractivity contribution in [2.24, 2.45) is 4.99 Å². The molecule has 0 aliphatic carbocycles. The zero-order valence-electron chi connectivity index (χ0n) is 19.0. The van der Waals surface area contributed by atoms with Crippen molar-refractivity contribution in [2.75, 3.05) is 39.8 Å². The first-order chi connectivity index (χ1) is 15.1. The summed E-state index contributed by atoms with van der Waals surface area (Å²) in [6, 6.07) is 6.19. The highest BCUT2D eigenvalue weighted by molar-refractivity contribution is 5.80. The zero-order chi connectivity index (χ0) is 21.8. The molecule has 0 radical (unpaired) electrons. The van der Waals surface area contributed by atoms with Crippen molar-refractivity contribution in [1.82, 2.24) is 20.3 Å². The molecule has 0 spiro atoms. The lowest BCUT2D eigenvalue weighted by molar-refractivity contribution is 0.169. The number of ether oxygens (including phenoxy) is 2. The number of guanidine groups is 1. The Balaban J connectivity index is 1.40. The molecule has 8 heteroatoms. The molecular formula is C23H33N5O3. The average Bonchev–Trinajstić information content (AvgIpc) is 3.34. The molecule has 1 fully saturated rings. The summed E-state index contributed by atoms with van der Waals surface area (Å²) in [4.78, 5) is 9.65. The third-order valence-corrected chi connectivity index (χ3v) is 5.77. The van der Waals surface area contributed by atoms with Gasteiger partial charge >= 0.3 is 0 Å². The molecular weight excluding hydrogens is 394 g/mol. The maximum absolute atomic E-state index is 5.93. The molecule has 1 aromatic carbocycles. The minimum absolute atomic E-state index is 0.216. The molecule has 1 atom stereocenters. The molecule has 1 aromatic heterocycles. The van der Waals surface area contributed by atoms with Crippen molar-refractivity contribution in [3.05, 3.63) is 40.8 Å². The van der Waals surface area contributed by atoms with Crippen molar-refractivity contribution in [3.63, 3.8) is 0 Å². The van der Waals surface area contributed by atoms with E-state index in [0.717, 1.165) is 80.2 Å². The molecule has 2 aromatic rings. The molecule has 1 N–H and O–H groups in total. The molecule has 0 bridgehead atoms. The van der Waals surface area contributed by atoms with Gasteiger partial charge < -0.3 is 24.2 Å². The van der Waals surface area contributed by atoms with Crippen LogP contribution in [0.2, 0.25) is 0 Å². The van der Waals surface area contributed by atoms with Crippen LogP contribution >= 0.6 is 0 Å². The minimum Gasteiger partial charge on any atom is -0.496 e. The van der Waals surface area contributed by atoms with E-state index in [1.54, 1.807) is 7.11 Å². The molecule has 1 saturated heterocycles. The SMILES string of the molecule is CCNC(=NCc1cc2c(cc1OC)CC(C)O2)N1CCN(Cc2cc(C)on2)CC1. The Labute approximate surface area is 184 Å². The van der Waals surface area contributed by atoms with Gasteiger partial charge in [0.25, 0.3) is 0 Å². The fourth-order valence-electron chi connectivity index (χ4n) is 4.22. The summed E-state index contributed by atoms with van der Waals surface area (Å²) < 4.78 is 16.8. The number of aryl methyl sites for hydroxylation is 1. The summed E-state index contributed by atoms with van der Waals surface area (Å²) in [5, 5.41) is 7.56. The predicted molar refractivity (Wildman–Crippen MR) is 120 cm³/mol. The van der Waals surface area contributed by atoms with Crippen LogP contribution < -0.4 is 14.8 Å². The van der Waals surface area contributed by atoms with E-state index < -0.39 is 0 Å². The Hall–Kier alpha value is -2.74. The molecule has 0 amide bonds. The van der Waals surface area contributed by atoms with Crippen LogP contribution in [0.3, 0.4) is 0 Å². The monoisotopic (exact) mass is 427 g/mol. The molecule has 2 aliphatic rings. The van der Waals surface area contributed by atoms with Gasteiger partial charge in [-0.15, -0.1) is 0 Å². The normalized spacial score (nSPS) is 19.3. The zero-order valence-corrected chi connectivity index (χ0v) is 19.0. The van der Waals surface area contributed by atoms with Crippen LogP contribution in [0.25, 0.3) is 0 Å². The number of methoxy groups -OCH3 is 1. The average molecular weight is 428 g/mol. The number of aliphatic imine (C=N–C) groups is 1. The summed E-state index contributed by atoms with van der Waals surface area (Å²) in [6.07, 6.45) is 1.14. The van der Waals surface area contributed by atoms with Gasteiger partial charge in [0.05, 0.1) is 19.3 Å². The number of piperazine rings is 1. The van der Waals surface area contributed by atoms with Crippen molar-refractivity contribution in [3.8, 4) is 11.5 Å². The van der Waals surface area contributed by atoms with E-state index in [-0.39, 0.29) is 6.10 Å². The highest BCUT2D eigenvalue weighted by atomic mass is 16.5. The van der Waals surface area contributed by atoms with Crippen molar-refractivity contribution in [2.45, 2.75) is 46.4 Å². The quantitative estimate of drug-likeness (QED) is 0.561. The van der Waals surface area contributed by atoms with E-state index in [1.807, 2.05) is 13.0 Å². The van der Waals surface area contributed by atoms with Gasteiger partial charge in [-0.1, -0.05) is 5.16 Å². The third kappa shape index (κ3) is 5.12. The van der Waals surface area contributed by atoms with Gasteiger partial charge in [-0.25, -0.2) is 4.99 Å². The standard InChI is InChI=1S/C23H33N5O3/c1-5-24-23(28-8-6-27(7-9-28)15-20-11-17(3)31-26-20)25-14-19-13-22-18(10-16(2)30-22)12-21(19)29-4/h11-13,16H,5-10,14-15H2,1-4H3,(H,24,25). The number of rotatable bonds is 6. The predicted octanol–water partition coefficient (Wildman–Crippen LogP) is 2.60. The van der Waals surface area contributed by atoms with Gasteiger partial charge in [0.2, 0.25) is 0 Å². The Bertz CT molecular complexity index is 918. The Kier molecular flexibility index (Phi) is 6.65. The number of fused-ring (bicyclic) bond motifs is 1. The van der Waals surface area contributed by atoms with E-state index in [1.165, 1.54) is 5.56 Å². The van der Waals surface area contributed by atoms with E-state index in [0.29, 0.717) is 6.54 Å². The van der Waals surface area contributed by atoms with Gasteiger partial charge in [-0.05, 0) is 32.9 Å². The Morgan fingerprint density at radius 1 is 1.26 bits per heavy atom. The molecule has 168 valence electrons. The van der Waals surface area contributed by atoms with Crippen LogP contribution in [0.1, 0.15) is 36.4 Å². The maximum atomic E-state index is 5.93. The molecule has 4 rings (SSSR count). The molecule has 8 nitrogen and oxygen atoms in total. The number of nitrogens with zero attached hydrogens (tertiary/aromatic N) is 4. The first-order valence-corrected chi connectivity index (χ1v) is 11.1. The fraction of sp³-hybridized carbons (Fsp3) is 0.565. The van der Waals surface area contributed by atoms with Gasteiger partial charge in [0.1, 0.15) is 23.4 Å². The summed E-state index contributed by atoms with van der Waals surface area (Å²) in [5.41, 5.74) is 3.25. The molecule has 1 unspecified atom stereocenters. The molecule has 0 saturated carbocycles. The van der Waals surface area contributed by atoms with Crippen molar-refractivity contribution in [1.29, 1.82) is 0 Å². The largest absolute Gasteiger partial charge is 0.496 e. The lowest BCUT2D eigenvalue weighted by Gasteiger charge is -2.36. The number of hydrogen-bond donors (Lipinski definition) is 1. The van der Waals surface area contributed by atoms with Crippen LogP contribution in [0.15, 0.2) is 27.7 Å². The number of hydrogen-bond acceptors (Lipinski definition) is 6. The first kappa shape index (κ1) is 21.5. The number of benzene rings is 1. The number of aromatic nitrogens is 1. The smallest absolute Gasteiger partial charge is 0.194 e. The van der Waals surface area contributed by atoms with Crippen molar-refractivity contribution >= 4 is 5.96 Å². The van der Waals surface area contributed by atoms with E-state index in [4.69, 9.17) is 19.0 Å². The molecule has 31 heavy (non-hydrogen) atoms. The van der Waals surface area contributed by atoms with Gasteiger partial charge in [0.15, 0.2) is 5.96 Å². The van der Waals surface area contributed by atoms with Gasteiger partial charge in [-0.2, -0.15) is 0 Å². The van der Waals surface area contributed by atoms with E-state index in [9.17, 15) is 0 Å². The lowest BCUT2D eigenvalue weighted by atomic mass is 10.1. The second-order valence-corrected chi connectivity index (χ2v) is 8.27. The van der Waals surface area contributed by atoms with Crippen LogP contribution in [-0.4, -0.2) is 66.9 Å². The van der Waals surface area contributed by atoms with Gasteiger partial charge in [-0.3, -0.25) is 4.90 Å². The van der Waals surface area contributed by atoms with Crippen LogP contribution in [0.4, 0.5) is 0 Å². The second kappa shape index (κ2) is 9.60. The summed E-state index contributed by atoms with van der Waals surface area (Å²) in [5.74, 6) is 3.64. The Morgan fingerprint density at radius 3 is 2.74 bits per heavy atom. The molecule has 3 heterocycles. The van der Waals surface area contributed by atoms with Crippen LogP contribution in [0, 0.1) is 6.92 Å². The molecule has 2 aliphatic heterocycles. The summed E-state index contributed by atoms with van der Waals surface area (Å²) in [7, 11) is 1.72. The topological polar surface area (TPSA) is 75.4 Å². The van der Waals surface area contributed by atoms with E-state index >= 15 is 0 Å². The van der Waals surface area contributed by atoms with Gasteiger partial charge in [0, 0.05) is 62.9 Å². The maximum Gasteiger partial charge on any atom is 0.194 e. The third-order valence-electron chi connectivity index (χ3n) is 5.77. The number of nitrogens with one attached hydrogen (secondary N) is 1. The van der Waals surface area contributed by atoms with Crippen LogP contribution in [0.5, 0.6) is 11.5 Å². The van der Waals surface area contributed by atoms with Crippen molar-refractivity contribution < 1.29 is 14.0 Å². The van der Waals surface area contributed by atoms with E-state index in [2.05, 4.69) is 46.3 Å². The fourth-order valence-corrected chi connectivity index (χ4v) is 4.22. The minimum atomic E-state index is 0.216. The second-order valence-electron chi connectivity index (χ2n) is 8.27. The van der Waals surface area contributed by atoms with Crippen LogP contribution in [-0.2, 0) is 19.5 Å². The summed E-state index contributed by atoms with van der Waals surface area (Å²) in [6.45, 7) is 12.1. The highest BCUT2D eigenvalue weighted by Gasteiger charge is 2.23. The summed E-state index contributed by atoms with van der Waals surface area (Å²) >= 11 is 0.